The Labute approximate surface area is 65.5 Å². The smallest absolute Gasteiger partial charge is 0.329 e. The van der Waals surface area contributed by atoms with E-state index in [2.05, 4.69) is 0 Å². The number of amides is 1. The summed E-state index contributed by atoms with van der Waals surface area (Å²) < 4.78 is 4.72. The van der Waals surface area contributed by atoms with E-state index in [9.17, 15) is 4.79 Å². The maximum absolute atomic E-state index is 10.9. The molecular weight excluding hydrogens is 148 g/mol. The number of ether oxygens (including phenoxy) is 1. The molecule has 0 rings (SSSR count). The molecule has 11 heavy (non-hydrogen) atoms. The number of methoxy groups -OCH3 is 1. The Morgan fingerprint density at radius 2 is 2.45 bits per heavy atom. The second kappa shape index (κ2) is 6.23. The number of carbonyl (C=O) groups excluding carboxylic acids is 1. The van der Waals surface area contributed by atoms with Gasteiger partial charge in [0, 0.05) is 7.11 Å². The summed E-state index contributed by atoms with van der Waals surface area (Å²) in [6.45, 7) is 0.745. The summed E-state index contributed by atoms with van der Waals surface area (Å²) in [6, 6.07) is -0.771. The number of aliphatic hydroxyl groups excluding tert-OH is 1. The first kappa shape index (κ1) is 10.5. The highest BCUT2D eigenvalue weighted by Gasteiger charge is 2.14. The summed E-state index contributed by atoms with van der Waals surface area (Å²) in [5.41, 5.74) is 5.23. The summed E-state index contributed by atoms with van der Waals surface area (Å²) >= 11 is 0. The topological polar surface area (TPSA) is 89.2 Å². The Morgan fingerprint density at radius 3 is 2.91 bits per heavy atom. The lowest BCUT2D eigenvalue weighted by Crippen LogP contribution is -2.92. The molecule has 5 heteroatoms. The van der Waals surface area contributed by atoms with Crippen LogP contribution in [0.15, 0.2) is 0 Å². The highest BCUT2D eigenvalue weighted by molar-refractivity contribution is 5.71. The summed E-state index contributed by atoms with van der Waals surface area (Å²) in [6.07, 6.45) is 0. The van der Waals surface area contributed by atoms with Crippen molar-refractivity contribution in [3.05, 3.63) is 0 Å². The van der Waals surface area contributed by atoms with Crippen LogP contribution in [0.2, 0.25) is 0 Å². The third kappa shape index (κ3) is 4.86. The van der Waals surface area contributed by atoms with Crippen LogP contribution < -0.4 is 11.1 Å². The average Bonchev–Trinajstić information content (AvgIpc) is 2.03. The van der Waals surface area contributed by atoms with Gasteiger partial charge in [0.1, 0.15) is 12.6 Å². The minimum absolute atomic E-state index is 0.232. The highest BCUT2D eigenvalue weighted by Crippen LogP contribution is 1.68. The van der Waals surface area contributed by atoms with Gasteiger partial charge >= 0.3 is 5.91 Å². The number of carbonyl (C=O) groups is 1. The van der Waals surface area contributed by atoms with Gasteiger partial charge in [0.2, 0.25) is 0 Å². The first-order valence-electron chi connectivity index (χ1n) is 3.44. The zero-order chi connectivity index (χ0) is 8.69. The van der Waals surface area contributed by atoms with Crippen LogP contribution in [0.1, 0.15) is 0 Å². The number of rotatable bonds is 5. The lowest BCUT2D eigenvalue weighted by atomic mass is 10.3. The van der Waals surface area contributed by atoms with Crippen molar-refractivity contribution in [1.29, 1.82) is 0 Å². The molecule has 0 aliphatic heterocycles. The van der Waals surface area contributed by atoms with Crippen LogP contribution in [0, 0.1) is 0 Å². The van der Waals surface area contributed by atoms with E-state index in [0.717, 1.165) is 0 Å². The van der Waals surface area contributed by atoms with Crippen LogP contribution in [0.25, 0.3) is 0 Å². The number of hydrogen-bond acceptors (Lipinski definition) is 4. The van der Waals surface area contributed by atoms with Crippen LogP contribution in [0.4, 0.5) is 0 Å². The van der Waals surface area contributed by atoms with Gasteiger partial charge in [-0.05, 0) is 0 Å². The molecule has 0 fully saturated rings. The number of hydrogen-bond donors (Lipinski definition) is 3. The fraction of sp³-hybridized carbons (Fsp3) is 0.833. The molecule has 0 aliphatic carbocycles. The Kier molecular flexibility index (Phi) is 5.96. The van der Waals surface area contributed by atoms with E-state index >= 15 is 0 Å². The molecule has 0 spiro atoms. The normalized spacial score (nSPS) is 13.0. The van der Waals surface area contributed by atoms with Gasteiger partial charge in [-0.15, -0.1) is 0 Å². The van der Waals surface area contributed by atoms with Crippen LogP contribution in [0.3, 0.4) is 0 Å². The molecule has 0 aromatic carbocycles. The van der Waals surface area contributed by atoms with E-state index in [0.29, 0.717) is 13.2 Å². The van der Waals surface area contributed by atoms with Crippen molar-refractivity contribution < 1.29 is 20.0 Å². The van der Waals surface area contributed by atoms with Crippen LogP contribution >= 0.6 is 0 Å². The zero-order valence-electron chi connectivity index (χ0n) is 6.62. The van der Waals surface area contributed by atoms with E-state index in [-0.39, 0.29) is 12.5 Å². The first-order chi connectivity index (χ1) is 5.22. The molecule has 66 valence electrons. The van der Waals surface area contributed by atoms with Gasteiger partial charge in [0.15, 0.2) is 0 Å². The Morgan fingerprint density at radius 1 is 1.82 bits per heavy atom. The molecule has 5 N–H and O–H groups in total. The Hall–Kier alpha value is -0.490. The molecule has 0 aliphatic rings. The molecule has 0 aromatic rings. The molecule has 1 unspecified atom stereocenters. The fourth-order valence-electron chi connectivity index (χ4n) is 0.560. The lowest BCUT2D eigenvalue weighted by Gasteiger charge is -2.03. The van der Waals surface area contributed by atoms with Gasteiger partial charge in [-0.2, -0.15) is 0 Å². The lowest BCUT2D eigenvalue weighted by molar-refractivity contribution is -0.571. The van der Waals surface area contributed by atoms with Crippen molar-refractivity contribution in [3.63, 3.8) is 0 Å². The quantitative estimate of drug-likeness (QED) is 0.378. The first-order valence-corrected chi connectivity index (χ1v) is 3.44. The number of primary amides is 1. The number of aliphatic hydroxyl groups is 1. The monoisotopic (exact) mass is 163 g/mol. The highest BCUT2D eigenvalue weighted by atomic mass is 16.5. The van der Waals surface area contributed by atoms with Gasteiger partial charge in [0.05, 0.1) is 13.2 Å². The van der Waals surface area contributed by atoms with Crippen molar-refractivity contribution in [2.24, 2.45) is 5.73 Å². The molecule has 0 radical (unpaired) electrons. The summed E-state index contributed by atoms with van der Waals surface area (Å²) in [7, 11) is 1.56. The van der Waals surface area contributed by atoms with Gasteiger partial charge in [0.25, 0.3) is 0 Å². The minimum atomic E-state index is -0.771. The predicted molar refractivity (Wildman–Crippen MR) is 38.7 cm³/mol. The number of nitrogens with two attached hydrogens (primary N) is 2. The molecule has 0 saturated heterocycles. The van der Waals surface area contributed by atoms with Gasteiger partial charge in [-0.25, -0.2) is 4.79 Å². The molecule has 5 nitrogen and oxygen atoms in total. The van der Waals surface area contributed by atoms with Crippen LogP contribution in [-0.4, -0.2) is 43.9 Å². The maximum Gasteiger partial charge on any atom is 0.329 e. The van der Waals surface area contributed by atoms with E-state index < -0.39 is 6.04 Å². The summed E-state index contributed by atoms with van der Waals surface area (Å²) in [4.78, 5) is 10.9. The molecule has 0 saturated carbocycles. The van der Waals surface area contributed by atoms with Crippen LogP contribution in [-0.2, 0) is 9.53 Å². The molecule has 1 atom stereocenters. The van der Waals surface area contributed by atoms with Crippen molar-refractivity contribution >= 4 is 5.91 Å². The Bertz CT molecular complexity index is 118. The fourth-order valence-corrected chi connectivity index (χ4v) is 0.560. The standard InChI is InChI=1S/C6H14N2O3/c1-11-3-2-8-6(10)5(7)4-9/h5,9H,2-4,7H2,1H3,(H,8,10)/p+1. The van der Waals surface area contributed by atoms with Crippen molar-refractivity contribution in [2.75, 3.05) is 26.9 Å². The van der Waals surface area contributed by atoms with E-state index in [1.165, 1.54) is 5.32 Å². The largest absolute Gasteiger partial charge is 0.394 e. The molecule has 0 aromatic heterocycles. The molecule has 0 heterocycles. The number of quaternary nitrogens is 1. The van der Waals surface area contributed by atoms with Crippen LogP contribution in [0.5, 0.6) is 0 Å². The molecule has 1 amide bonds. The zero-order valence-corrected chi connectivity index (χ0v) is 6.62. The van der Waals surface area contributed by atoms with E-state index in [1.54, 1.807) is 7.11 Å². The van der Waals surface area contributed by atoms with Gasteiger partial charge < -0.3 is 15.6 Å². The SMILES string of the molecule is COCC[NH2+]C(=O)C(N)CO. The second-order valence-electron chi connectivity index (χ2n) is 2.18. The third-order valence-corrected chi connectivity index (χ3v) is 1.23. The van der Waals surface area contributed by atoms with Gasteiger partial charge in [-0.3, -0.25) is 5.32 Å². The predicted octanol–water partition coefficient (Wildman–Crippen LogP) is -2.96. The minimum Gasteiger partial charge on any atom is -0.394 e. The van der Waals surface area contributed by atoms with Crippen molar-refractivity contribution in [2.45, 2.75) is 6.04 Å². The van der Waals surface area contributed by atoms with E-state index in [4.69, 9.17) is 15.6 Å². The van der Waals surface area contributed by atoms with E-state index in [1.807, 2.05) is 0 Å². The average molecular weight is 163 g/mol. The summed E-state index contributed by atoms with van der Waals surface area (Å²) in [5.74, 6) is -0.232. The Balaban J connectivity index is 3.36. The molecule has 0 bridgehead atoms. The van der Waals surface area contributed by atoms with Crippen molar-refractivity contribution in [3.8, 4) is 0 Å². The third-order valence-electron chi connectivity index (χ3n) is 1.23. The molecular formula is C6H15N2O3+. The maximum atomic E-state index is 10.9. The van der Waals surface area contributed by atoms with Crippen molar-refractivity contribution in [1.82, 2.24) is 0 Å². The summed E-state index contributed by atoms with van der Waals surface area (Å²) in [5, 5.41) is 9.90. The second-order valence-corrected chi connectivity index (χ2v) is 2.18. The van der Waals surface area contributed by atoms with Gasteiger partial charge in [-0.1, -0.05) is 0 Å².